The minimum absolute atomic E-state index is 0.0652. The third kappa shape index (κ3) is 6.49. The number of hydrazine groups is 1. The number of aromatic nitrogens is 3. The Balaban J connectivity index is 1.65. The second-order valence-electron chi connectivity index (χ2n) is 7.73. The second-order valence-corrected chi connectivity index (χ2v) is 7.73. The van der Waals surface area contributed by atoms with Gasteiger partial charge in [0.1, 0.15) is 5.82 Å². The fourth-order valence-electron chi connectivity index (χ4n) is 3.30. The summed E-state index contributed by atoms with van der Waals surface area (Å²) in [6.45, 7) is 4.67. The summed E-state index contributed by atoms with van der Waals surface area (Å²) in [7, 11) is 0. The molecule has 0 aromatic carbocycles. The number of hydroxylamine groups is 2. The molecule has 0 bridgehead atoms. The number of nitrogens with one attached hydrogen (secondary N) is 2. The summed E-state index contributed by atoms with van der Waals surface area (Å²) in [6.07, 6.45) is 5.80. The predicted molar refractivity (Wildman–Crippen MR) is 109 cm³/mol. The van der Waals surface area contributed by atoms with Crippen molar-refractivity contribution in [2.24, 2.45) is 5.92 Å². The lowest BCUT2D eigenvalue weighted by Gasteiger charge is -2.27. The Bertz CT molecular complexity index is 710. The van der Waals surface area contributed by atoms with Crippen LogP contribution in [0.3, 0.4) is 0 Å². The van der Waals surface area contributed by atoms with Crippen molar-refractivity contribution >= 4 is 24.2 Å². The molecular weight excluding hydrogens is 390 g/mol. The Kier molecular flexibility index (Phi) is 8.14. The molecule has 1 unspecified atom stereocenters. The van der Waals surface area contributed by atoms with Crippen LogP contribution in [0, 0.1) is 5.92 Å². The monoisotopic (exact) mass is 421 g/mol. The number of rotatable bonds is 12. The molecule has 1 aliphatic heterocycles. The molecule has 11 nitrogen and oxygen atoms in total. The first-order valence-corrected chi connectivity index (χ1v) is 10.7. The first-order chi connectivity index (χ1) is 14.6. The first kappa shape index (κ1) is 22.2. The lowest BCUT2D eigenvalue weighted by atomic mass is 10.0. The zero-order valence-corrected chi connectivity index (χ0v) is 17.4. The van der Waals surface area contributed by atoms with Crippen LogP contribution in [0.1, 0.15) is 57.2 Å². The number of carbonyl (C=O) groups excluding carboxylic acids is 2. The fourth-order valence-corrected chi connectivity index (χ4v) is 3.30. The van der Waals surface area contributed by atoms with Gasteiger partial charge in [-0.25, -0.2) is 5.06 Å². The van der Waals surface area contributed by atoms with Crippen LogP contribution in [0.25, 0.3) is 0 Å². The van der Waals surface area contributed by atoms with Crippen molar-refractivity contribution in [3.8, 4) is 0 Å². The molecule has 3 N–H and O–H groups in total. The highest BCUT2D eigenvalue weighted by molar-refractivity contribution is 5.80. The Hall–Kier alpha value is -2.53. The number of nitrogens with zero attached hydrogens (tertiary/aromatic N) is 5. The molecule has 1 saturated heterocycles. The van der Waals surface area contributed by atoms with Crippen LogP contribution in [-0.4, -0.2) is 70.4 Å². The Labute approximate surface area is 176 Å². The van der Waals surface area contributed by atoms with Crippen molar-refractivity contribution < 1.29 is 19.5 Å². The molecule has 0 radical (unpaired) electrons. The Morgan fingerprint density at radius 2 is 2.07 bits per heavy atom. The zero-order chi connectivity index (χ0) is 21.3. The Morgan fingerprint density at radius 1 is 1.30 bits per heavy atom. The van der Waals surface area contributed by atoms with Gasteiger partial charge in [-0.05, 0) is 19.3 Å². The van der Waals surface area contributed by atoms with E-state index in [0.717, 1.165) is 37.9 Å². The fraction of sp³-hybridized carbons (Fsp3) is 0.737. The van der Waals surface area contributed by atoms with Crippen molar-refractivity contribution in [1.82, 2.24) is 25.4 Å². The van der Waals surface area contributed by atoms with Gasteiger partial charge in [0.05, 0.1) is 25.7 Å². The maximum atomic E-state index is 12.7. The molecule has 2 amide bonds. The number of hydrogen-bond donors (Lipinski definition) is 3. The maximum absolute atomic E-state index is 12.7. The molecule has 1 atom stereocenters. The summed E-state index contributed by atoms with van der Waals surface area (Å²) < 4.78 is 5.39. The van der Waals surface area contributed by atoms with E-state index in [1.54, 1.807) is 0 Å². The van der Waals surface area contributed by atoms with Crippen molar-refractivity contribution in [3.63, 3.8) is 0 Å². The molecule has 1 aliphatic carbocycles. The summed E-state index contributed by atoms with van der Waals surface area (Å²) >= 11 is 0. The number of anilines is 2. The Morgan fingerprint density at radius 3 is 2.73 bits per heavy atom. The van der Waals surface area contributed by atoms with E-state index in [1.807, 2.05) is 4.90 Å². The van der Waals surface area contributed by atoms with Crippen LogP contribution in [0.5, 0.6) is 0 Å². The van der Waals surface area contributed by atoms with E-state index >= 15 is 0 Å². The van der Waals surface area contributed by atoms with Crippen LogP contribution in [0.15, 0.2) is 0 Å². The second kappa shape index (κ2) is 11.0. The van der Waals surface area contributed by atoms with Crippen molar-refractivity contribution in [2.45, 2.75) is 51.4 Å². The van der Waals surface area contributed by atoms with E-state index in [4.69, 9.17) is 4.74 Å². The number of unbranched alkanes of at least 4 members (excludes halogenated alkanes) is 2. The highest BCUT2D eigenvalue weighted by Crippen LogP contribution is 2.38. The van der Waals surface area contributed by atoms with Crippen molar-refractivity contribution in [1.29, 1.82) is 0 Å². The molecule has 166 valence electrons. The average molecular weight is 422 g/mol. The summed E-state index contributed by atoms with van der Waals surface area (Å²) in [5.41, 5.74) is 5.43. The number of carbonyl (C=O) groups is 2. The third-order valence-corrected chi connectivity index (χ3v) is 5.23. The van der Waals surface area contributed by atoms with Gasteiger partial charge in [-0.1, -0.05) is 26.2 Å². The van der Waals surface area contributed by atoms with Gasteiger partial charge in [-0.2, -0.15) is 15.0 Å². The van der Waals surface area contributed by atoms with Crippen LogP contribution >= 0.6 is 0 Å². The highest BCUT2D eigenvalue weighted by Gasteiger charge is 2.29. The molecule has 2 heterocycles. The molecular formula is C19H31N7O4. The number of amides is 2. The number of ether oxygens (including phenoxy) is 1. The van der Waals surface area contributed by atoms with Crippen LogP contribution in [-0.2, 0) is 14.3 Å². The van der Waals surface area contributed by atoms with E-state index in [1.165, 1.54) is 0 Å². The number of hydrogen-bond acceptors (Lipinski definition) is 9. The van der Waals surface area contributed by atoms with Gasteiger partial charge < -0.3 is 9.64 Å². The van der Waals surface area contributed by atoms with E-state index in [-0.39, 0.29) is 18.4 Å². The van der Waals surface area contributed by atoms with Crippen molar-refractivity contribution in [2.75, 3.05) is 43.2 Å². The van der Waals surface area contributed by atoms with E-state index < -0.39 is 5.92 Å². The molecule has 1 aromatic heterocycles. The molecule has 2 fully saturated rings. The maximum Gasteiger partial charge on any atom is 0.246 e. The lowest BCUT2D eigenvalue weighted by molar-refractivity contribution is -0.154. The molecule has 0 spiro atoms. The normalized spacial score (nSPS) is 17.3. The topological polar surface area (TPSA) is 133 Å². The van der Waals surface area contributed by atoms with Gasteiger partial charge in [-0.15, -0.1) is 0 Å². The SMILES string of the molecule is CCCCCC(CN(O)C=O)C(=O)NNc1nc(C2CC2)nc(N2CCOCC2)n1. The van der Waals surface area contributed by atoms with Crippen LogP contribution < -0.4 is 15.8 Å². The minimum Gasteiger partial charge on any atom is -0.378 e. The van der Waals surface area contributed by atoms with Crippen LogP contribution in [0.2, 0.25) is 0 Å². The molecule has 11 heteroatoms. The zero-order valence-electron chi connectivity index (χ0n) is 17.4. The molecule has 2 aliphatic rings. The minimum atomic E-state index is -0.539. The predicted octanol–water partition coefficient (Wildman–Crippen LogP) is 1.07. The van der Waals surface area contributed by atoms with Crippen LogP contribution in [0.4, 0.5) is 11.9 Å². The third-order valence-electron chi connectivity index (χ3n) is 5.23. The quantitative estimate of drug-likeness (QED) is 0.196. The summed E-state index contributed by atoms with van der Waals surface area (Å²) in [6, 6.07) is 0. The summed E-state index contributed by atoms with van der Waals surface area (Å²) in [5, 5.41) is 10.0. The first-order valence-electron chi connectivity index (χ1n) is 10.7. The standard InChI is InChI=1S/C19H31N7O4/c1-2-3-4-5-15(12-26(29)13-27)17(28)23-24-18-20-16(14-6-7-14)21-19(22-18)25-8-10-30-11-9-25/h13-15,29H,2-12H2,1H3,(H,23,28)(H,20,21,22,24). The molecule has 1 aromatic rings. The van der Waals surface area contributed by atoms with Gasteiger partial charge in [0.15, 0.2) is 0 Å². The summed E-state index contributed by atoms with van der Waals surface area (Å²) in [5.74, 6) is 1.06. The lowest BCUT2D eigenvalue weighted by Crippen LogP contribution is -2.41. The highest BCUT2D eigenvalue weighted by atomic mass is 16.5. The van der Waals surface area contributed by atoms with E-state index in [9.17, 15) is 14.8 Å². The van der Waals surface area contributed by atoms with E-state index in [0.29, 0.717) is 56.1 Å². The smallest absolute Gasteiger partial charge is 0.246 e. The largest absolute Gasteiger partial charge is 0.378 e. The van der Waals surface area contributed by atoms with Gasteiger partial charge >= 0.3 is 0 Å². The average Bonchev–Trinajstić information content (AvgIpc) is 3.62. The van der Waals surface area contributed by atoms with Crippen molar-refractivity contribution in [3.05, 3.63) is 5.82 Å². The van der Waals surface area contributed by atoms with Gasteiger partial charge in [0.2, 0.25) is 24.2 Å². The summed E-state index contributed by atoms with van der Waals surface area (Å²) in [4.78, 5) is 39.0. The van der Waals surface area contributed by atoms with Gasteiger partial charge in [0, 0.05) is 19.0 Å². The molecule has 3 rings (SSSR count). The van der Waals surface area contributed by atoms with Gasteiger partial charge in [0.25, 0.3) is 0 Å². The van der Waals surface area contributed by atoms with Gasteiger partial charge in [-0.3, -0.25) is 25.6 Å². The molecule has 30 heavy (non-hydrogen) atoms. The number of morpholine rings is 1. The molecule has 1 saturated carbocycles. The van der Waals surface area contributed by atoms with E-state index in [2.05, 4.69) is 32.7 Å².